The minimum atomic E-state index is -4.49. The molecule has 11 nitrogen and oxygen atoms in total. The highest BCUT2D eigenvalue weighted by molar-refractivity contribution is 7.93. The molecule has 0 saturated carbocycles. The van der Waals surface area contributed by atoms with E-state index in [0.717, 1.165) is 22.3 Å². The smallest absolute Gasteiger partial charge is 0.324 e. The third-order valence-corrected chi connectivity index (χ3v) is 11.3. The van der Waals surface area contributed by atoms with E-state index in [2.05, 4.69) is 0 Å². The van der Waals surface area contributed by atoms with Crippen molar-refractivity contribution >= 4 is 43.4 Å². The van der Waals surface area contributed by atoms with E-state index in [1.165, 1.54) is 42.5 Å². The predicted molar refractivity (Wildman–Crippen MR) is 189 cm³/mol. The van der Waals surface area contributed by atoms with Crippen LogP contribution in [0.25, 0.3) is 11.1 Å². The predicted octanol–water partition coefficient (Wildman–Crippen LogP) is 6.11. The molecule has 0 atom stereocenters. The Morgan fingerprint density at radius 2 is 1.08 bits per heavy atom. The fourth-order valence-corrected chi connectivity index (χ4v) is 7.93. The standard InChI is InChI=1S/C37H34N2O9S2/c1-26-8-17-32(18-9-26)49(44,45)38(23-36(40)41)31-16-21-34(39(24-37(42)43)50(46,47)33-19-10-27(2)11-20-33)35(22-31)48-25-28-12-14-30(15-13-28)29-6-4-3-5-7-29/h3-22H,23-25H2,1-2H3,(H,40,41)(H,42,43). The van der Waals surface area contributed by atoms with E-state index < -0.39 is 45.1 Å². The summed E-state index contributed by atoms with van der Waals surface area (Å²) in [6, 6.07) is 32.4. The molecule has 258 valence electrons. The lowest BCUT2D eigenvalue weighted by Gasteiger charge is -2.28. The van der Waals surface area contributed by atoms with Crippen molar-refractivity contribution in [3.63, 3.8) is 0 Å². The van der Waals surface area contributed by atoms with Gasteiger partial charge in [-0.3, -0.25) is 18.2 Å². The number of ether oxygens (including phenoxy) is 1. The Kier molecular flexibility index (Phi) is 10.6. The fourth-order valence-electron chi connectivity index (χ4n) is 5.10. The average molecular weight is 715 g/mol. The molecule has 0 heterocycles. The number of nitrogens with zero attached hydrogens (tertiary/aromatic N) is 2. The second kappa shape index (κ2) is 14.8. The molecule has 0 aromatic heterocycles. The molecule has 0 unspecified atom stereocenters. The molecule has 5 aromatic carbocycles. The molecule has 13 heteroatoms. The zero-order valence-electron chi connectivity index (χ0n) is 27.1. The Morgan fingerprint density at radius 1 is 0.600 bits per heavy atom. The van der Waals surface area contributed by atoms with Gasteiger partial charge in [0, 0.05) is 6.07 Å². The van der Waals surface area contributed by atoms with Crippen LogP contribution in [0.1, 0.15) is 16.7 Å². The lowest BCUT2D eigenvalue weighted by Crippen LogP contribution is -2.37. The summed E-state index contributed by atoms with van der Waals surface area (Å²) in [6.07, 6.45) is 0. The number of carboxylic acids is 2. The normalized spacial score (nSPS) is 11.5. The number of aryl methyl sites for hydroxylation is 2. The van der Waals surface area contributed by atoms with Crippen LogP contribution >= 0.6 is 0 Å². The number of hydrogen-bond donors (Lipinski definition) is 2. The van der Waals surface area contributed by atoms with Crippen molar-refractivity contribution in [3.8, 4) is 16.9 Å². The molecule has 0 radical (unpaired) electrons. The molecule has 5 rings (SSSR count). The summed E-state index contributed by atoms with van der Waals surface area (Å²) in [4.78, 5) is 23.7. The van der Waals surface area contributed by atoms with Crippen molar-refractivity contribution in [2.75, 3.05) is 21.7 Å². The summed E-state index contributed by atoms with van der Waals surface area (Å²) in [5, 5.41) is 19.5. The van der Waals surface area contributed by atoms with Crippen molar-refractivity contribution in [3.05, 3.63) is 138 Å². The van der Waals surface area contributed by atoms with Gasteiger partial charge in [-0.1, -0.05) is 90.0 Å². The van der Waals surface area contributed by atoms with Crippen LogP contribution in [0, 0.1) is 13.8 Å². The maximum atomic E-state index is 13.9. The minimum absolute atomic E-state index is 0.124. The summed E-state index contributed by atoms with van der Waals surface area (Å²) in [5.41, 5.74) is 3.85. The molecule has 0 aliphatic heterocycles. The molecular weight excluding hydrogens is 681 g/mol. The highest BCUT2D eigenvalue weighted by atomic mass is 32.2. The van der Waals surface area contributed by atoms with Crippen molar-refractivity contribution in [1.82, 2.24) is 0 Å². The lowest BCUT2D eigenvalue weighted by atomic mass is 10.0. The molecule has 0 saturated heterocycles. The first-order valence-corrected chi connectivity index (χ1v) is 18.2. The van der Waals surface area contributed by atoms with Gasteiger partial charge in [0.1, 0.15) is 25.4 Å². The van der Waals surface area contributed by atoms with Gasteiger partial charge >= 0.3 is 11.9 Å². The number of hydrogen-bond acceptors (Lipinski definition) is 7. The van der Waals surface area contributed by atoms with Crippen LogP contribution in [-0.4, -0.2) is 52.1 Å². The summed E-state index contributed by atoms with van der Waals surface area (Å²) < 4.78 is 62.9. The average Bonchev–Trinajstić information content (AvgIpc) is 3.09. The Bertz CT molecular complexity index is 2210. The number of benzene rings is 5. The summed E-state index contributed by atoms with van der Waals surface area (Å²) in [5.74, 6) is -3.09. The van der Waals surface area contributed by atoms with E-state index in [1.807, 2.05) is 54.6 Å². The molecule has 0 spiro atoms. The van der Waals surface area contributed by atoms with E-state index >= 15 is 0 Å². The Morgan fingerprint density at radius 3 is 1.60 bits per heavy atom. The third kappa shape index (κ3) is 8.13. The van der Waals surface area contributed by atoms with Crippen molar-refractivity contribution in [2.45, 2.75) is 30.2 Å². The Balaban J connectivity index is 1.62. The van der Waals surface area contributed by atoms with Gasteiger partial charge in [-0.15, -0.1) is 0 Å². The first-order chi connectivity index (χ1) is 23.8. The molecule has 50 heavy (non-hydrogen) atoms. The van der Waals surface area contributed by atoms with Crippen LogP contribution in [0.5, 0.6) is 5.75 Å². The highest BCUT2D eigenvalue weighted by Crippen LogP contribution is 2.38. The van der Waals surface area contributed by atoms with Crippen LogP contribution in [0.4, 0.5) is 11.4 Å². The number of carboxylic acid groups (broad SMARTS) is 2. The Hall–Kier alpha value is -5.66. The van der Waals surface area contributed by atoms with Crippen LogP contribution < -0.4 is 13.3 Å². The fraction of sp³-hybridized carbons (Fsp3) is 0.135. The van der Waals surface area contributed by atoms with Gasteiger partial charge in [-0.05, 0) is 66.9 Å². The maximum absolute atomic E-state index is 13.9. The van der Waals surface area contributed by atoms with Gasteiger partial charge in [0.25, 0.3) is 20.0 Å². The zero-order valence-corrected chi connectivity index (χ0v) is 28.8. The molecule has 2 N–H and O–H groups in total. The largest absolute Gasteiger partial charge is 0.487 e. The SMILES string of the molecule is Cc1ccc(S(=O)(=O)N(CC(=O)O)c2ccc(N(CC(=O)O)S(=O)(=O)c3ccc(C)cc3)c(OCc3ccc(-c4ccccc4)cc3)c2)cc1. The summed E-state index contributed by atoms with van der Waals surface area (Å²) in [6.45, 7) is 1.47. The van der Waals surface area contributed by atoms with E-state index in [4.69, 9.17) is 4.74 Å². The number of aliphatic carboxylic acids is 2. The quantitative estimate of drug-likeness (QED) is 0.138. The molecular formula is C37H34N2O9S2. The number of carbonyl (C=O) groups is 2. The molecule has 0 aliphatic rings. The zero-order chi connectivity index (χ0) is 36.1. The first kappa shape index (κ1) is 35.6. The lowest BCUT2D eigenvalue weighted by molar-refractivity contribution is -0.136. The monoisotopic (exact) mass is 714 g/mol. The molecule has 0 fully saturated rings. The molecule has 5 aromatic rings. The molecule has 0 amide bonds. The van der Waals surface area contributed by atoms with Crippen LogP contribution in [-0.2, 0) is 36.2 Å². The number of rotatable bonds is 14. The van der Waals surface area contributed by atoms with Crippen molar-refractivity contribution in [1.29, 1.82) is 0 Å². The molecule has 0 aliphatic carbocycles. The van der Waals surface area contributed by atoms with Crippen LogP contribution in [0.3, 0.4) is 0 Å². The van der Waals surface area contributed by atoms with E-state index in [0.29, 0.717) is 14.2 Å². The van der Waals surface area contributed by atoms with Gasteiger partial charge in [-0.25, -0.2) is 16.8 Å². The number of anilines is 2. The van der Waals surface area contributed by atoms with Gasteiger partial charge in [-0.2, -0.15) is 0 Å². The van der Waals surface area contributed by atoms with E-state index in [9.17, 15) is 36.6 Å². The second-order valence-electron chi connectivity index (χ2n) is 11.4. The van der Waals surface area contributed by atoms with Gasteiger partial charge < -0.3 is 14.9 Å². The highest BCUT2D eigenvalue weighted by Gasteiger charge is 2.32. The topological polar surface area (TPSA) is 159 Å². The van der Waals surface area contributed by atoms with Crippen molar-refractivity contribution < 1.29 is 41.4 Å². The van der Waals surface area contributed by atoms with Gasteiger partial charge in [0.15, 0.2) is 0 Å². The van der Waals surface area contributed by atoms with Gasteiger partial charge in [0.2, 0.25) is 0 Å². The van der Waals surface area contributed by atoms with Gasteiger partial charge in [0.05, 0.1) is 21.2 Å². The second-order valence-corrected chi connectivity index (χ2v) is 15.2. The maximum Gasteiger partial charge on any atom is 0.324 e. The van der Waals surface area contributed by atoms with E-state index in [1.54, 1.807) is 38.1 Å². The van der Waals surface area contributed by atoms with Crippen LogP contribution in [0.15, 0.2) is 131 Å². The van der Waals surface area contributed by atoms with E-state index in [-0.39, 0.29) is 33.5 Å². The Labute approximate surface area is 290 Å². The summed E-state index contributed by atoms with van der Waals surface area (Å²) >= 11 is 0. The number of sulfonamides is 2. The third-order valence-electron chi connectivity index (χ3n) is 7.73. The molecule has 0 bridgehead atoms. The minimum Gasteiger partial charge on any atom is -0.487 e. The van der Waals surface area contributed by atoms with Crippen LogP contribution in [0.2, 0.25) is 0 Å². The first-order valence-electron chi connectivity index (χ1n) is 15.3. The van der Waals surface area contributed by atoms with Crippen molar-refractivity contribution in [2.24, 2.45) is 0 Å². The summed E-state index contributed by atoms with van der Waals surface area (Å²) in [7, 11) is -8.93.